The number of carbonyl (C=O) groups is 2. The van der Waals surface area contributed by atoms with Crippen LogP contribution in [0.25, 0.3) is 5.76 Å². The van der Waals surface area contributed by atoms with Gasteiger partial charge in [0.2, 0.25) is 0 Å². The van der Waals surface area contributed by atoms with E-state index >= 15 is 0 Å². The molecule has 1 unspecified atom stereocenters. The van der Waals surface area contributed by atoms with Crippen molar-refractivity contribution in [2.75, 3.05) is 19.8 Å². The Bertz CT molecular complexity index is 1320. The molecule has 4 rings (SSSR count). The van der Waals surface area contributed by atoms with Crippen molar-refractivity contribution >= 4 is 17.4 Å². The van der Waals surface area contributed by atoms with Gasteiger partial charge in [0.15, 0.2) is 11.5 Å². The van der Waals surface area contributed by atoms with E-state index in [4.69, 9.17) is 14.2 Å². The molecule has 1 amide bonds. The van der Waals surface area contributed by atoms with Crippen LogP contribution in [0.2, 0.25) is 0 Å². The largest absolute Gasteiger partial charge is 0.507 e. The molecule has 1 aliphatic heterocycles. The second-order valence-electron chi connectivity index (χ2n) is 9.15. The number of aliphatic hydroxyl groups is 1. The third-order valence-corrected chi connectivity index (χ3v) is 6.26. The number of aromatic nitrogens is 1. The number of ketones is 1. The SMILES string of the molecule is CCCOc1ccc(C(O)=C2C(=O)C(=O)N(Cc3cccnc3)C2c2ccc(OCCC)c(OCC)c2)cc1. The van der Waals surface area contributed by atoms with Gasteiger partial charge in [0.25, 0.3) is 11.7 Å². The number of amides is 1. The molecule has 1 aliphatic rings. The van der Waals surface area contributed by atoms with E-state index in [9.17, 15) is 14.7 Å². The van der Waals surface area contributed by atoms with Crippen molar-refractivity contribution in [2.24, 2.45) is 0 Å². The lowest BCUT2D eigenvalue weighted by atomic mass is 9.94. The van der Waals surface area contributed by atoms with Gasteiger partial charge in [-0.3, -0.25) is 14.6 Å². The monoisotopic (exact) mass is 530 g/mol. The first-order valence-electron chi connectivity index (χ1n) is 13.3. The van der Waals surface area contributed by atoms with Gasteiger partial charge in [-0.25, -0.2) is 0 Å². The second kappa shape index (κ2) is 13.0. The van der Waals surface area contributed by atoms with Crippen LogP contribution in [0, 0.1) is 0 Å². The summed E-state index contributed by atoms with van der Waals surface area (Å²) in [5.74, 6) is 0.0427. The molecule has 1 N–H and O–H groups in total. The van der Waals surface area contributed by atoms with Gasteiger partial charge in [-0.05, 0) is 73.4 Å². The number of benzene rings is 2. The predicted molar refractivity (Wildman–Crippen MR) is 148 cm³/mol. The molecule has 1 fully saturated rings. The summed E-state index contributed by atoms with van der Waals surface area (Å²) in [4.78, 5) is 32.4. The van der Waals surface area contributed by atoms with Crippen LogP contribution >= 0.6 is 0 Å². The number of hydrogen-bond acceptors (Lipinski definition) is 7. The number of ether oxygens (including phenoxy) is 3. The van der Waals surface area contributed by atoms with Crippen LogP contribution in [0.15, 0.2) is 72.6 Å². The minimum atomic E-state index is -0.847. The molecule has 8 heteroatoms. The Balaban J connectivity index is 1.81. The van der Waals surface area contributed by atoms with E-state index in [-0.39, 0.29) is 17.9 Å². The van der Waals surface area contributed by atoms with Crippen LogP contribution < -0.4 is 14.2 Å². The van der Waals surface area contributed by atoms with E-state index < -0.39 is 17.7 Å². The van der Waals surface area contributed by atoms with E-state index in [1.165, 1.54) is 4.90 Å². The summed E-state index contributed by atoms with van der Waals surface area (Å²) in [6.07, 6.45) is 5.00. The number of nitrogens with zero attached hydrogens (tertiary/aromatic N) is 2. The fraction of sp³-hybridized carbons (Fsp3) is 0.323. The summed E-state index contributed by atoms with van der Waals surface area (Å²) in [5.41, 5.74) is 1.80. The Morgan fingerprint density at radius 2 is 1.67 bits per heavy atom. The summed E-state index contributed by atoms with van der Waals surface area (Å²) < 4.78 is 17.3. The molecular weight excluding hydrogens is 496 g/mol. The molecule has 1 atom stereocenters. The smallest absolute Gasteiger partial charge is 0.295 e. The Morgan fingerprint density at radius 3 is 2.33 bits per heavy atom. The number of aliphatic hydroxyl groups excluding tert-OH is 1. The number of rotatable bonds is 12. The van der Waals surface area contributed by atoms with Gasteiger partial charge in [0.1, 0.15) is 11.5 Å². The molecule has 0 bridgehead atoms. The third kappa shape index (κ3) is 6.22. The Labute approximate surface area is 228 Å². The van der Waals surface area contributed by atoms with Crippen molar-refractivity contribution in [1.29, 1.82) is 0 Å². The van der Waals surface area contributed by atoms with Crippen LogP contribution in [0.1, 0.15) is 56.3 Å². The maximum absolute atomic E-state index is 13.4. The fourth-order valence-corrected chi connectivity index (χ4v) is 4.46. The van der Waals surface area contributed by atoms with Gasteiger partial charge in [0.05, 0.1) is 31.4 Å². The molecule has 3 aromatic rings. The first-order chi connectivity index (χ1) is 19.0. The number of carbonyl (C=O) groups excluding carboxylic acids is 2. The van der Waals surface area contributed by atoms with Gasteiger partial charge in [-0.2, -0.15) is 0 Å². The molecule has 204 valence electrons. The second-order valence-corrected chi connectivity index (χ2v) is 9.15. The van der Waals surface area contributed by atoms with Crippen molar-refractivity contribution < 1.29 is 28.9 Å². The zero-order valence-electron chi connectivity index (χ0n) is 22.6. The lowest BCUT2D eigenvalue weighted by molar-refractivity contribution is -0.140. The lowest BCUT2D eigenvalue weighted by Gasteiger charge is -2.26. The molecule has 8 nitrogen and oxygen atoms in total. The van der Waals surface area contributed by atoms with Crippen molar-refractivity contribution in [2.45, 2.75) is 46.2 Å². The maximum Gasteiger partial charge on any atom is 0.295 e. The van der Waals surface area contributed by atoms with Crippen LogP contribution in [0.4, 0.5) is 0 Å². The minimum absolute atomic E-state index is 0.00999. The molecule has 0 spiro atoms. The minimum Gasteiger partial charge on any atom is -0.507 e. The average molecular weight is 531 g/mol. The zero-order chi connectivity index (χ0) is 27.8. The van der Waals surface area contributed by atoms with Crippen LogP contribution in [0.5, 0.6) is 17.2 Å². The maximum atomic E-state index is 13.4. The average Bonchev–Trinajstić information content (AvgIpc) is 3.21. The summed E-state index contributed by atoms with van der Waals surface area (Å²) in [5, 5.41) is 11.4. The van der Waals surface area contributed by atoms with E-state index in [0.717, 1.165) is 18.4 Å². The van der Waals surface area contributed by atoms with Gasteiger partial charge < -0.3 is 24.2 Å². The molecule has 1 aromatic heterocycles. The molecule has 1 saturated heterocycles. The Kier molecular flexibility index (Phi) is 9.20. The quantitative estimate of drug-likeness (QED) is 0.183. The highest BCUT2D eigenvalue weighted by molar-refractivity contribution is 6.46. The first kappa shape index (κ1) is 27.7. The molecule has 0 aliphatic carbocycles. The van der Waals surface area contributed by atoms with Crippen LogP contribution in [-0.4, -0.2) is 46.5 Å². The van der Waals surface area contributed by atoms with Crippen molar-refractivity contribution in [1.82, 2.24) is 9.88 Å². The number of likely N-dealkylation sites (tertiary alicyclic amines) is 1. The van der Waals surface area contributed by atoms with Crippen molar-refractivity contribution in [3.63, 3.8) is 0 Å². The Hall–Kier alpha value is -4.33. The van der Waals surface area contributed by atoms with Crippen LogP contribution in [-0.2, 0) is 16.1 Å². The van der Waals surface area contributed by atoms with E-state index in [1.807, 2.05) is 26.8 Å². The van der Waals surface area contributed by atoms with Gasteiger partial charge in [0, 0.05) is 24.5 Å². The summed E-state index contributed by atoms with van der Waals surface area (Å²) in [6.45, 7) is 7.56. The topological polar surface area (TPSA) is 98.2 Å². The van der Waals surface area contributed by atoms with Crippen molar-refractivity contribution in [3.8, 4) is 17.2 Å². The number of pyridine rings is 1. The Morgan fingerprint density at radius 1 is 0.923 bits per heavy atom. The molecule has 39 heavy (non-hydrogen) atoms. The first-order valence-corrected chi connectivity index (χ1v) is 13.3. The van der Waals surface area contributed by atoms with Crippen LogP contribution in [0.3, 0.4) is 0 Å². The standard InChI is InChI=1S/C31H34N2O6/c1-4-16-38-24-12-9-22(10-13-24)29(34)27-28(23-11-14-25(39-17-5-2)26(18-23)37-6-3)33(31(36)30(27)35)20-21-8-7-15-32-19-21/h7-15,18-19,28,34H,4-6,16-17,20H2,1-3H3. The van der Waals surface area contributed by atoms with E-state index in [1.54, 1.807) is 60.9 Å². The van der Waals surface area contributed by atoms with Gasteiger partial charge in [-0.15, -0.1) is 0 Å². The van der Waals surface area contributed by atoms with Crippen molar-refractivity contribution in [3.05, 3.63) is 89.3 Å². The highest BCUT2D eigenvalue weighted by Gasteiger charge is 2.46. The van der Waals surface area contributed by atoms with E-state index in [2.05, 4.69) is 4.98 Å². The normalized spacial score (nSPS) is 16.4. The zero-order valence-corrected chi connectivity index (χ0v) is 22.6. The molecule has 0 radical (unpaired) electrons. The third-order valence-electron chi connectivity index (χ3n) is 6.26. The highest BCUT2D eigenvalue weighted by Crippen LogP contribution is 2.43. The van der Waals surface area contributed by atoms with E-state index in [0.29, 0.717) is 48.2 Å². The molecule has 2 aromatic carbocycles. The van der Waals surface area contributed by atoms with Gasteiger partial charge in [-0.1, -0.05) is 26.0 Å². The molecule has 0 saturated carbocycles. The summed E-state index contributed by atoms with van der Waals surface area (Å²) in [6, 6.07) is 14.9. The predicted octanol–water partition coefficient (Wildman–Crippen LogP) is 5.68. The van der Waals surface area contributed by atoms with Gasteiger partial charge >= 0.3 is 0 Å². The number of hydrogen-bond donors (Lipinski definition) is 1. The summed E-state index contributed by atoms with van der Waals surface area (Å²) >= 11 is 0. The number of Topliss-reactive ketones (excluding diaryl/α,β-unsaturated/α-hetero) is 1. The lowest BCUT2D eigenvalue weighted by Crippen LogP contribution is -2.29. The molecular formula is C31H34N2O6. The highest BCUT2D eigenvalue weighted by atomic mass is 16.5. The fourth-order valence-electron chi connectivity index (χ4n) is 4.46. The summed E-state index contributed by atoms with van der Waals surface area (Å²) in [7, 11) is 0. The molecule has 2 heterocycles.